The first-order valence-corrected chi connectivity index (χ1v) is 12.4. The third kappa shape index (κ3) is 4.84. The molecule has 0 bridgehead atoms. The zero-order chi connectivity index (χ0) is 26.9. The van der Waals surface area contributed by atoms with E-state index >= 15 is 0 Å². The predicted molar refractivity (Wildman–Crippen MR) is 145 cm³/mol. The van der Waals surface area contributed by atoms with Gasteiger partial charge >= 0.3 is 0 Å². The van der Waals surface area contributed by atoms with Gasteiger partial charge in [0.1, 0.15) is 17.3 Å². The van der Waals surface area contributed by atoms with Crippen molar-refractivity contribution < 1.29 is 24.2 Å². The Morgan fingerprint density at radius 1 is 1.00 bits per heavy atom. The Morgan fingerprint density at radius 2 is 1.68 bits per heavy atom. The fourth-order valence-electron chi connectivity index (χ4n) is 4.74. The molecule has 0 aliphatic carbocycles. The van der Waals surface area contributed by atoms with E-state index in [2.05, 4.69) is 0 Å². The maximum absolute atomic E-state index is 13.5. The smallest absolute Gasteiger partial charge is 0.300 e. The SMILES string of the molecule is CCOc1ccc(C2/C(=C(/O)c3ccc(OC)c(C(C)(C)C)c3)C(=O)C(=O)N2c2ccccc2C)cc1. The van der Waals surface area contributed by atoms with Gasteiger partial charge in [0.2, 0.25) is 0 Å². The molecular formula is C31H33NO5. The van der Waals surface area contributed by atoms with Crippen LogP contribution in [0.4, 0.5) is 5.69 Å². The lowest BCUT2D eigenvalue weighted by Crippen LogP contribution is -2.30. The molecule has 1 unspecified atom stereocenters. The first-order valence-electron chi connectivity index (χ1n) is 12.4. The van der Waals surface area contributed by atoms with Crippen LogP contribution >= 0.6 is 0 Å². The molecule has 192 valence electrons. The lowest BCUT2D eigenvalue weighted by atomic mass is 9.84. The van der Waals surface area contributed by atoms with Gasteiger partial charge < -0.3 is 14.6 Å². The van der Waals surface area contributed by atoms with Crippen molar-refractivity contribution >= 4 is 23.1 Å². The highest BCUT2D eigenvalue weighted by molar-refractivity contribution is 6.51. The Hall–Kier alpha value is -4.06. The molecule has 1 amide bonds. The van der Waals surface area contributed by atoms with Crippen LogP contribution in [0.25, 0.3) is 5.76 Å². The second kappa shape index (κ2) is 10.1. The van der Waals surface area contributed by atoms with E-state index in [0.29, 0.717) is 34.9 Å². The largest absolute Gasteiger partial charge is 0.507 e. The topological polar surface area (TPSA) is 76.1 Å². The number of rotatable bonds is 6. The maximum atomic E-state index is 13.5. The van der Waals surface area contributed by atoms with Crippen molar-refractivity contribution in [1.82, 2.24) is 0 Å². The van der Waals surface area contributed by atoms with Crippen molar-refractivity contribution in [3.63, 3.8) is 0 Å². The lowest BCUT2D eigenvalue weighted by Gasteiger charge is -2.27. The molecule has 3 aromatic carbocycles. The van der Waals surface area contributed by atoms with Crippen molar-refractivity contribution in [2.75, 3.05) is 18.6 Å². The maximum Gasteiger partial charge on any atom is 0.300 e. The molecule has 1 atom stereocenters. The number of amides is 1. The van der Waals surface area contributed by atoms with Crippen LogP contribution in [-0.2, 0) is 15.0 Å². The van der Waals surface area contributed by atoms with Crippen LogP contribution in [0, 0.1) is 6.92 Å². The number of aliphatic hydroxyl groups is 1. The van der Waals surface area contributed by atoms with E-state index in [1.807, 2.05) is 89.2 Å². The number of anilines is 1. The number of methoxy groups -OCH3 is 1. The summed E-state index contributed by atoms with van der Waals surface area (Å²) < 4.78 is 11.1. The number of aryl methyl sites for hydroxylation is 1. The van der Waals surface area contributed by atoms with Crippen LogP contribution in [0.3, 0.4) is 0 Å². The van der Waals surface area contributed by atoms with Crippen LogP contribution in [0.5, 0.6) is 11.5 Å². The molecule has 0 aromatic heterocycles. The summed E-state index contributed by atoms with van der Waals surface area (Å²) in [6, 6.07) is 19.2. The molecule has 0 saturated carbocycles. The van der Waals surface area contributed by atoms with E-state index < -0.39 is 17.7 Å². The zero-order valence-corrected chi connectivity index (χ0v) is 22.2. The number of ether oxygens (including phenoxy) is 2. The third-order valence-corrected chi connectivity index (χ3v) is 6.61. The van der Waals surface area contributed by atoms with Gasteiger partial charge in [-0.15, -0.1) is 0 Å². The van der Waals surface area contributed by atoms with Crippen LogP contribution in [0.2, 0.25) is 0 Å². The van der Waals surface area contributed by atoms with Crippen molar-refractivity contribution in [3.05, 3.63) is 94.6 Å². The molecule has 4 rings (SSSR count). The first kappa shape index (κ1) is 26.0. The van der Waals surface area contributed by atoms with E-state index in [4.69, 9.17) is 9.47 Å². The van der Waals surface area contributed by atoms with Crippen molar-refractivity contribution in [2.24, 2.45) is 0 Å². The number of hydrogen-bond donors (Lipinski definition) is 1. The molecule has 1 aliphatic heterocycles. The van der Waals surface area contributed by atoms with Crippen molar-refractivity contribution in [1.29, 1.82) is 0 Å². The fraction of sp³-hybridized carbons (Fsp3) is 0.290. The quantitative estimate of drug-likeness (QED) is 0.244. The van der Waals surface area contributed by atoms with E-state index in [9.17, 15) is 14.7 Å². The standard InChI is InChI=1S/C31H33NO5/c1-7-37-22-15-12-20(13-16-22)27-26(29(34)30(35)32(27)24-11-9-8-10-19(24)2)28(33)21-14-17-25(36-6)23(18-21)31(3,4)5/h8-18,27,33H,7H2,1-6H3/b28-26-. The summed E-state index contributed by atoms with van der Waals surface area (Å²) in [4.78, 5) is 28.5. The van der Waals surface area contributed by atoms with Gasteiger partial charge in [-0.25, -0.2) is 0 Å². The minimum atomic E-state index is -0.808. The molecule has 1 aliphatic rings. The highest BCUT2D eigenvalue weighted by Crippen LogP contribution is 2.44. The van der Waals surface area contributed by atoms with E-state index in [-0.39, 0.29) is 16.7 Å². The molecule has 6 nitrogen and oxygen atoms in total. The summed E-state index contributed by atoms with van der Waals surface area (Å²) >= 11 is 0. The summed E-state index contributed by atoms with van der Waals surface area (Å²) in [6.07, 6.45) is 0. The van der Waals surface area contributed by atoms with Crippen molar-refractivity contribution in [2.45, 2.75) is 46.1 Å². The highest BCUT2D eigenvalue weighted by atomic mass is 16.5. The number of Topliss-reactive ketones (excluding diaryl/α,β-unsaturated/α-hetero) is 1. The molecule has 6 heteroatoms. The third-order valence-electron chi connectivity index (χ3n) is 6.61. The molecule has 0 radical (unpaired) electrons. The summed E-state index contributed by atoms with van der Waals surface area (Å²) in [7, 11) is 1.60. The summed E-state index contributed by atoms with van der Waals surface area (Å²) in [6.45, 7) is 10.5. The highest BCUT2D eigenvalue weighted by Gasteiger charge is 2.47. The van der Waals surface area contributed by atoms with Gasteiger partial charge in [-0.2, -0.15) is 0 Å². The van der Waals surface area contributed by atoms with Crippen molar-refractivity contribution in [3.8, 4) is 11.5 Å². The zero-order valence-electron chi connectivity index (χ0n) is 22.2. The molecule has 1 heterocycles. The number of para-hydroxylation sites is 1. The Labute approximate surface area is 218 Å². The van der Waals surface area contributed by atoms with Gasteiger partial charge in [-0.05, 0) is 66.8 Å². The van der Waals surface area contributed by atoms with E-state index in [1.54, 1.807) is 19.2 Å². The van der Waals surface area contributed by atoms with E-state index in [1.165, 1.54) is 4.90 Å². The summed E-state index contributed by atoms with van der Waals surface area (Å²) in [5.74, 6) is -0.259. The molecule has 1 fully saturated rings. The fourth-order valence-corrected chi connectivity index (χ4v) is 4.74. The van der Waals surface area contributed by atoms with Gasteiger partial charge in [-0.3, -0.25) is 14.5 Å². The number of benzene rings is 3. The number of carbonyl (C=O) groups excluding carboxylic acids is 2. The molecule has 1 saturated heterocycles. The Kier molecular flexibility index (Phi) is 7.12. The number of hydrogen-bond acceptors (Lipinski definition) is 5. The van der Waals surface area contributed by atoms with Gasteiger partial charge in [0.05, 0.1) is 25.3 Å². The monoisotopic (exact) mass is 499 g/mol. The Bertz CT molecular complexity index is 1370. The Morgan fingerprint density at radius 3 is 2.27 bits per heavy atom. The average Bonchev–Trinajstić information content (AvgIpc) is 3.13. The van der Waals surface area contributed by atoms with Gasteiger partial charge in [0.25, 0.3) is 11.7 Å². The number of carbonyl (C=O) groups is 2. The second-order valence-corrected chi connectivity index (χ2v) is 10.1. The van der Waals surface area contributed by atoms with Gasteiger partial charge in [0.15, 0.2) is 0 Å². The lowest BCUT2D eigenvalue weighted by molar-refractivity contribution is -0.132. The minimum absolute atomic E-state index is 0.0439. The molecule has 0 spiro atoms. The van der Waals surface area contributed by atoms with Gasteiger partial charge in [0, 0.05) is 16.8 Å². The normalized spacial score (nSPS) is 17.2. The average molecular weight is 500 g/mol. The molecular weight excluding hydrogens is 466 g/mol. The molecule has 37 heavy (non-hydrogen) atoms. The number of nitrogens with zero attached hydrogens (tertiary/aromatic N) is 1. The summed E-state index contributed by atoms with van der Waals surface area (Å²) in [5.41, 5.74) is 3.25. The van der Waals surface area contributed by atoms with Gasteiger partial charge in [-0.1, -0.05) is 51.1 Å². The minimum Gasteiger partial charge on any atom is -0.507 e. The predicted octanol–water partition coefficient (Wildman–Crippen LogP) is 6.33. The number of aliphatic hydroxyl groups excluding tert-OH is 1. The molecule has 3 aromatic rings. The second-order valence-electron chi connectivity index (χ2n) is 10.1. The van der Waals surface area contributed by atoms with Crippen LogP contribution in [0.1, 0.15) is 56.0 Å². The number of ketones is 1. The van der Waals surface area contributed by atoms with E-state index in [0.717, 1.165) is 11.1 Å². The first-order chi connectivity index (χ1) is 17.6. The van der Waals surface area contributed by atoms with Crippen LogP contribution in [-0.4, -0.2) is 30.5 Å². The summed E-state index contributed by atoms with van der Waals surface area (Å²) in [5, 5.41) is 11.6. The van der Waals surface area contributed by atoms with Crippen LogP contribution < -0.4 is 14.4 Å². The Balaban J connectivity index is 1.95. The van der Waals surface area contributed by atoms with Crippen LogP contribution in [0.15, 0.2) is 72.3 Å². The molecule has 1 N–H and O–H groups in total.